The van der Waals surface area contributed by atoms with Crippen LogP contribution >= 0.6 is 0 Å². The van der Waals surface area contributed by atoms with Crippen molar-refractivity contribution >= 4 is 24.7 Å². The lowest BCUT2D eigenvalue weighted by atomic mass is 9.99. The summed E-state index contributed by atoms with van der Waals surface area (Å²) in [5.41, 5.74) is -0.708. The minimum Gasteiger partial charge on any atom is -0.466 e. The Hall–Kier alpha value is -2.03. The molecule has 0 spiro atoms. The number of ether oxygens (including phenoxy) is 4. The third-order valence-corrected chi connectivity index (χ3v) is 11.2. The summed E-state index contributed by atoms with van der Waals surface area (Å²) in [6, 6.07) is 21.0. The highest BCUT2D eigenvalue weighted by atomic mass is 28.4. The summed E-state index contributed by atoms with van der Waals surface area (Å²) in [7, 11) is -1.21. The van der Waals surface area contributed by atoms with Crippen molar-refractivity contribution < 1.29 is 28.2 Å². The molecule has 0 fully saturated rings. The number of hydrogen-bond donors (Lipinski definition) is 0. The third-order valence-electron chi connectivity index (χ3n) is 6.14. The predicted octanol–water partition coefficient (Wildman–Crippen LogP) is 4.30. The zero-order valence-corrected chi connectivity index (χ0v) is 23.3. The van der Waals surface area contributed by atoms with E-state index in [0.717, 1.165) is 0 Å². The molecule has 0 bridgehead atoms. The molecule has 6 nitrogen and oxygen atoms in total. The average molecular weight is 503 g/mol. The Bertz CT molecular complexity index is 840. The van der Waals surface area contributed by atoms with Crippen molar-refractivity contribution in [1.82, 2.24) is 0 Å². The molecule has 7 heteroatoms. The van der Waals surface area contributed by atoms with Gasteiger partial charge in [-0.3, -0.25) is 4.79 Å². The van der Waals surface area contributed by atoms with E-state index in [2.05, 4.69) is 69.3 Å². The molecule has 2 aromatic rings. The van der Waals surface area contributed by atoms with Crippen LogP contribution in [0.15, 0.2) is 60.7 Å². The molecule has 0 saturated carbocycles. The van der Waals surface area contributed by atoms with Gasteiger partial charge in [-0.05, 0) is 29.3 Å². The van der Waals surface area contributed by atoms with Gasteiger partial charge in [0.15, 0.2) is 0 Å². The van der Waals surface area contributed by atoms with E-state index in [4.69, 9.17) is 23.4 Å². The number of esters is 1. The summed E-state index contributed by atoms with van der Waals surface area (Å²) in [6.07, 6.45) is 0.133. The molecule has 0 heterocycles. The van der Waals surface area contributed by atoms with Crippen molar-refractivity contribution in [3.8, 4) is 0 Å². The second-order valence-corrected chi connectivity index (χ2v) is 14.4. The van der Waals surface area contributed by atoms with Crippen molar-refractivity contribution in [3.05, 3.63) is 60.7 Å². The van der Waals surface area contributed by atoms with Crippen LogP contribution in [0.3, 0.4) is 0 Å². The second-order valence-electron chi connectivity index (χ2n) is 10.2. The van der Waals surface area contributed by atoms with E-state index in [1.807, 2.05) is 26.0 Å². The monoisotopic (exact) mass is 502 g/mol. The van der Waals surface area contributed by atoms with Crippen molar-refractivity contribution in [2.45, 2.75) is 64.7 Å². The van der Waals surface area contributed by atoms with E-state index < -0.39 is 13.9 Å². The maximum atomic E-state index is 11.5. The van der Waals surface area contributed by atoms with Crippen molar-refractivity contribution in [3.63, 3.8) is 0 Å². The Morgan fingerprint density at radius 2 is 1.40 bits per heavy atom. The molecule has 0 aliphatic heterocycles. The second kappa shape index (κ2) is 13.3. The first-order valence-corrected chi connectivity index (χ1v) is 14.1. The largest absolute Gasteiger partial charge is 0.466 e. The highest BCUT2D eigenvalue weighted by molar-refractivity contribution is 6.99. The smallest absolute Gasteiger partial charge is 0.302 e. The van der Waals surface area contributed by atoms with Gasteiger partial charge in [0.05, 0.1) is 31.5 Å². The van der Waals surface area contributed by atoms with E-state index in [0.29, 0.717) is 19.6 Å². The molecule has 0 aliphatic carbocycles. The van der Waals surface area contributed by atoms with Gasteiger partial charge in [0.25, 0.3) is 8.32 Å². The number of hydrogen-bond acceptors (Lipinski definition) is 6. The van der Waals surface area contributed by atoms with E-state index in [1.165, 1.54) is 17.3 Å². The molecule has 194 valence electrons. The Morgan fingerprint density at radius 1 is 0.857 bits per heavy atom. The number of rotatable bonds is 14. The maximum absolute atomic E-state index is 11.5. The van der Waals surface area contributed by atoms with Crippen LogP contribution in [0.2, 0.25) is 5.04 Å². The van der Waals surface area contributed by atoms with Crippen LogP contribution in [-0.4, -0.2) is 59.7 Å². The fourth-order valence-electron chi connectivity index (χ4n) is 4.25. The van der Waals surface area contributed by atoms with Gasteiger partial charge in [0.1, 0.15) is 6.79 Å². The summed E-state index contributed by atoms with van der Waals surface area (Å²) < 4.78 is 29.5. The number of carbonyl (C=O) groups is 1. The van der Waals surface area contributed by atoms with Gasteiger partial charge in [-0.15, -0.1) is 0 Å². The van der Waals surface area contributed by atoms with Crippen LogP contribution < -0.4 is 10.4 Å². The quantitative estimate of drug-likeness (QED) is 0.166. The predicted molar refractivity (Wildman–Crippen MR) is 142 cm³/mol. The van der Waals surface area contributed by atoms with Crippen LogP contribution in [-0.2, 0) is 28.2 Å². The molecule has 35 heavy (non-hydrogen) atoms. The van der Waals surface area contributed by atoms with Crippen molar-refractivity contribution in [2.24, 2.45) is 0 Å². The molecule has 2 rings (SSSR count). The molecule has 0 radical (unpaired) electrons. The zero-order valence-electron chi connectivity index (χ0n) is 22.3. The first-order valence-electron chi connectivity index (χ1n) is 12.2. The molecule has 1 unspecified atom stereocenters. The Balaban J connectivity index is 2.51. The topological polar surface area (TPSA) is 63.2 Å². The van der Waals surface area contributed by atoms with Crippen LogP contribution in [0.4, 0.5) is 0 Å². The van der Waals surface area contributed by atoms with Crippen LogP contribution in [0.1, 0.15) is 48.0 Å². The summed E-state index contributed by atoms with van der Waals surface area (Å²) >= 11 is 0. The Labute approximate surface area is 212 Å². The lowest BCUT2D eigenvalue weighted by Crippen LogP contribution is -2.69. The van der Waals surface area contributed by atoms with E-state index in [9.17, 15) is 4.79 Å². The van der Waals surface area contributed by atoms with Gasteiger partial charge in [-0.1, -0.05) is 81.4 Å². The normalized spacial score (nSPS) is 13.5. The minimum absolute atomic E-state index is 0.116. The highest BCUT2D eigenvalue weighted by Crippen LogP contribution is 2.39. The van der Waals surface area contributed by atoms with Gasteiger partial charge >= 0.3 is 5.97 Å². The summed E-state index contributed by atoms with van der Waals surface area (Å²) in [4.78, 5) is 11.5. The summed E-state index contributed by atoms with van der Waals surface area (Å²) in [5, 5.41) is 2.17. The molecule has 0 aliphatic rings. The van der Waals surface area contributed by atoms with E-state index in [1.54, 1.807) is 7.11 Å². The third kappa shape index (κ3) is 7.98. The SMILES string of the molecule is COCCOCOC(C)(C)C(CCOC(C)=O)O[Si](c1ccccc1)(c1ccccc1)C(C)(C)C. The minimum atomic E-state index is -2.84. The molecule has 0 saturated heterocycles. The highest BCUT2D eigenvalue weighted by Gasteiger charge is 2.53. The average Bonchev–Trinajstić information content (AvgIpc) is 2.81. The zero-order chi connectivity index (χ0) is 26.0. The molecule has 1 atom stereocenters. The number of methoxy groups -OCH3 is 1. The molecule has 0 amide bonds. The van der Waals surface area contributed by atoms with Crippen LogP contribution in [0, 0.1) is 0 Å². The summed E-state index contributed by atoms with van der Waals surface area (Å²) in [6.45, 7) is 13.5. The van der Waals surface area contributed by atoms with Crippen LogP contribution in [0.25, 0.3) is 0 Å². The Morgan fingerprint density at radius 3 is 1.86 bits per heavy atom. The van der Waals surface area contributed by atoms with Crippen molar-refractivity contribution in [2.75, 3.05) is 33.7 Å². The van der Waals surface area contributed by atoms with E-state index >= 15 is 0 Å². The molecular weight excluding hydrogens is 460 g/mol. The van der Waals surface area contributed by atoms with Crippen LogP contribution in [0.5, 0.6) is 0 Å². The number of carbonyl (C=O) groups excluding carboxylic acids is 1. The first-order chi connectivity index (χ1) is 16.5. The number of benzene rings is 2. The van der Waals surface area contributed by atoms with Gasteiger partial charge in [0, 0.05) is 20.5 Å². The molecule has 0 N–H and O–H groups in total. The van der Waals surface area contributed by atoms with Crippen molar-refractivity contribution in [1.29, 1.82) is 0 Å². The van der Waals surface area contributed by atoms with Gasteiger partial charge in [-0.25, -0.2) is 0 Å². The lowest BCUT2D eigenvalue weighted by Gasteiger charge is -2.48. The van der Waals surface area contributed by atoms with E-state index in [-0.39, 0.29) is 30.5 Å². The molecule has 0 aromatic heterocycles. The first kappa shape index (κ1) is 29.2. The van der Waals surface area contributed by atoms with Gasteiger partial charge < -0.3 is 23.4 Å². The standard InChI is InChI=1S/C28H42O6Si/c1-23(29)32-19-18-26(28(5,6)33-22-31-21-20-30-7)34-35(27(2,3)4,24-14-10-8-11-15-24)25-16-12-9-13-17-25/h8-17,26H,18-22H2,1-7H3. The molecular formula is C28H42O6Si. The Kier molecular flexibility index (Phi) is 11.1. The van der Waals surface area contributed by atoms with Gasteiger partial charge in [0.2, 0.25) is 0 Å². The van der Waals surface area contributed by atoms with Gasteiger partial charge in [-0.2, -0.15) is 0 Å². The lowest BCUT2D eigenvalue weighted by molar-refractivity contribution is -0.172. The fraction of sp³-hybridized carbons (Fsp3) is 0.536. The molecule has 2 aromatic carbocycles. The maximum Gasteiger partial charge on any atom is 0.302 e. The summed E-state index contributed by atoms with van der Waals surface area (Å²) in [5.74, 6) is -0.309. The fourth-order valence-corrected chi connectivity index (χ4v) is 9.09.